The molecular formula is C22H31N5O5. The zero-order valence-electron chi connectivity index (χ0n) is 18.7. The van der Waals surface area contributed by atoms with Gasteiger partial charge in [-0.25, -0.2) is 9.78 Å². The number of aromatic nitrogens is 2. The summed E-state index contributed by atoms with van der Waals surface area (Å²) in [5.41, 5.74) is 1.21. The number of phenols is 1. The molecule has 174 valence electrons. The highest BCUT2D eigenvalue weighted by atomic mass is 16.4. The van der Waals surface area contributed by atoms with Crippen molar-refractivity contribution in [2.75, 3.05) is 14.1 Å². The number of phenolic OH excluding ortho intramolecular Hbond substituents is 1. The molecule has 0 unspecified atom stereocenters. The van der Waals surface area contributed by atoms with Crippen LogP contribution in [0, 0.1) is 5.92 Å². The summed E-state index contributed by atoms with van der Waals surface area (Å²) in [5.74, 6) is -2.01. The van der Waals surface area contributed by atoms with Gasteiger partial charge in [-0.3, -0.25) is 9.59 Å². The minimum Gasteiger partial charge on any atom is -0.508 e. The first kappa shape index (κ1) is 24.9. The third-order valence-electron chi connectivity index (χ3n) is 5.31. The van der Waals surface area contributed by atoms with E-state index in [0.29, 0.717) is 11.3 Å². The number of nitrogens with zero attached hydrogens (tertiary/aromatic N) is 2. The predicted molar refractivity (Wildman–Crippen MR) is 118 cm³/mol. The number of carbonyl (C=O) groups excluding carboxylic acids is 2. The number of rotatable bonds is 11. The van der Waals surface area contributed by atoms with Gasteiger partial charge in [-0.15, -0.1) is 0 Å². The Balaban J connectivity index is 2.24. The molecule has 2 amide bonds. The Kier molecular flexibility index (Phi) is 8.77. The highest BCUT2D eigenvalue weighted by Crippen LogP contribution is 2.14. The monoisotopic (exact) mass is 445 g/mol. The molecule has 0 spiro atoms. The Morgan fingerprint density at radius 1 is 1.16 bits per heavy atom. The lowest BCUT2D eigenvalue weighted by molar-refractivity contribution is -0.145. The zero-order chi connectivity index (χ0) is 23.8. The Hall–Kier alpha value is -3.40. The van der Waals surface area contributed by atoms with Gasteiger partial charge in [-0.2, -0.15) is 0 Å². The maximum Gasteiger partial charge on any atom is 0.326 e. The quantitative estimate of drug-likeness (QED) is 0.339. The average molecular weight is 446 g/mol. The fraction of sp³-hybridized carbons (Fsp3) is 0.455. The number of aliphatic carboxylic acids is 1. The topological polar surface area (TPSA) is 148 Å². The van der Waals surface area contributed by atoms with Gasteiger partial charge in [0.2, 0.25) is 11.8 Å². The molecule has 0 aliphatic rings. The van der Waals surface area contributed by atoms with E-state index in [1.165, 1.54) is 30.4 Å². The Labute approximate surface area is 187 Å². The minimum absolute atomic E-state index is 0.00897. The van der Waals surface area contributed by atoms with E-state index in [2.05, 4.69) is 20.6 Å². The number of nitrogens with one attached hydrogen (secondary N) is 3. The van der Waals surface area contributed by atoms with E-state index in [1.54, 1.807) is 25.4 Å². The number of imidazole rings is 1. The highest BCUT2D eigenvalue weighted by molar-refractivity contribution is 5.92. The van der Waals surface area contributed by atoms with E-state index < -0.39 is 30.0 Å². The van der Waals surface area contributed by atoms with Crippen LogP contribution in [0.5, 0.6) is 5.75 Å². The number of aromatic amines is 1. The summed E-state index contributed by atoms with van der Waals surface area (Å²) >= 11 is 0. The number of aromatic hydroxyl groups is 1. The molecule has 1 aromatic carbocycles. The van der Waals surface area contributed by atoms with E-state index in [1.807, 2.05) is 13.8 Å². The first-order valence-corrected chi connectivity index (χ1v) is 10.4. The first-order chi connectivity index (χ1) is 15.1. The van der Waals surface area contributed by atoms with Crippen LogP contribution in [-0.4, -0.2) is 75.1 Å². The molecule has 0 bridgehead atoms. The number of hydrogen-bond acceptors (Lipinski definition) is 6. The lowest BCUT2D eigenvalue weighted by Gasteiger charge is -2.32. The van der Waals surface area contributed by atoms with E-state index in [0.717, 1.165) is 0 Å². The maximum atomic E-state index is 13.2. The number of amides is 2. The summed E-state index contributed by atoms with van der Waals surface area (Å²) in [5, 5.41) is 24.6. The van der Waals surface area contributed by atoms with Gasteiger partial charge in [0.05, 0.1) is 18.1 Å². The van der Waals surface area contributed by atoms with Crippen molar-refractivity contribution in [2.24, 2.45) is 5.92 Å². The van der Waals surface area contributed by atoms with Crippen molar-refractivity contribution in [1.82, 2.24) is 25.5 Å². The van der Waals surface area contributed by atoms with Crippen LogP contribution in [0.15, 0.2) is 36.8 Å². The zero-order valence-corrected chi connectivity index (χ0v) is 18.7. The minimum atomic E-state index is -1.21. The molecule has 1 aromatic heterocycles. The molecule has 0 fully saturated rings. The van der Waals surface area contributed by atoms with Crippen LogP contribution in [0.2, 0.25) is 0 Å². The van der Waals surface area contributed by atoms with Gasteiger partial charge >= 0.3 is 5.97 Å². The van der Waals surface area contributed by atoms with Crippen LogP contribution < -0.4 is 10.6 Å². The van der Waals surface area contributed by atoms with E-state index in [9.17, 15) is 24.6 Å². The van der Waals surface area contributed by atoms with Gasteiger partial charge in [-0.05, 0) is 30.7 Å². The smallest absolute Gasteiger partial charge is 0.326 e. The first-order valence-electron chi connectivity index (χ1n) is 10.4. The van der Waals surface area contributed by atoms with Crippen molar-refractivity contribution in [3.8, 4) is 5.75 Å². The second-order valence-electron chi connectivity index (χ2n) is 8.01. The molecule has 0 saturated heterocycles. The summed E-state index contributed by atoms with van der Waals surface area (Å²) in [6.07, 6.45) is 3.25. The van der Waals surface area contributed by atoms with Crippen molar-refractivity contribution in [2.45, 2.75) is 44.8 Å². The van der Waals surface area contributed by atoms with Gasteiger partial charge in [0.15, 0.2) is 0 Å². The lowest BCUT2D eigenvalue weighted by atomic mass is 10.0. The number of hydrogen-bond donors (Lipinski definition) is 5. The lowest BCUT2D eigenvalue weighted by Crippen LogP contribution is -2.57. The fourth-order valence-corrected chi connectivity index (χ4v) is 3.46. The van der Waals surface area contributed by atoms with E-state index in [4.69, 9.17) is 0 Å². The molecule has 3 atom stereocenters. The summed E-state index contributed by atoms with van der Waals surface area (Å²) < 4.78 is 0. The molecule has 1 heterocycles. The van der Waals surface area contributed by atoms with Gasteiger partial charge in [0.1, 0.15) is 17.8 Å². The van der Waals surface area contributed by atoms with Gasteiger partial charge < -0.3 is 30.7 Å². The molecular weight excluding hydrogens is 414 g/mol. The number of H-pyrrole nitrogens is 1. The van der Waals surface area contributed by atoms with E-state index >= 15 is 0 Å². The fourth-order valence-electron chi connectivity index (χ4n) is 3.46. The molecule has 0 saturated carbocycles. The van der Waals surface area contributed by atoms with Gasteiger partial charge in [-0.1, -0.05) is 26.0 Å². The SMILES string of the molecule is CN[C@H](C(=O)N(C)[C@@H](Cc1c[nH]cn1)C(=O)N[C@@H](Cc1ccc(O)cc1)C(=O)O)C(C)C. The summed E-state index contributed by atoms with van der Waals surface area (Å²) in [4.78, 5) is 46.4. The second-order valence-corrected chi connectivity index (χ2v) is 8.01. The molecule has 0 radical (unpaired) electrons. The van der Waals surface area contributed by atoms with Crippen LogP contribution in [0.25, 0.3) is 0 Å². The van der Waals surface area contributed by atoms with Crippen LogP contribution in [0.1, 0.15) is 25.1 Å². The summed E-state index contributed by atoms with van der Waals surface area (Å²) in [7, 11) is 3.21. The van der Waals surface area contributed by atoms with Crippen molar-refractivity contribution < 1.29 is 24.6 Å². The average Bonchev–Trinajstić information content (AvgIpc) is 3.25. The van der Waals surface area contributed by atoms with Crippen molar-refractivity contribution >= 4 is 17.8 Å². The third-order valence-corrected chi connectivity index (χ3v) is 5.31. The molecule has 2 rings (SSSR count). The number of benzene rings is 1. The molecule has 32 heavy (non-hydrogen) atoms. The Morgan fingerprint density at radius 3 is 2.31 bits per heavy atom. The third kappa shape index (κ3) is 6.55. The Bertz CT molecular complexity index is 898. The molecule has 0 aliphatic heterocycles. The normalized spacial score (nSPS) is 13.9. The number of carboxylic acids is 1. The van der Waals surface area contributed by atoms with Crippen molar-refractivity contribution in [3.05, 3.63) is 48.0 Å². The van der Waals surface area contributed by atoms with Crippen LogP contribution in [0.3, 0.4) is 0 Å². The van der Waals surface area contributed by atoms with Crippen LogP contribution >= 0.6 is 0 Å². The highest BCUT2D eigenvalue weighted by Gasteiger charge is 2.34. The molecule has 0 aliphatic carbocycles. The molecule has 10 heteroatoms. The van der Waals surface area contributed by atoms with Crippen LogP contribution in [-0.2, 0) is 27.2 Å². The van der Waals surface area contributed by atoms with Crippen LogP contribution in [0.4, 0.5) is 0 Å². The molecule has 10 nitrogen and oxygen atoms in total. The van der Waals surface area contributed by atoms with Gasteiger partial charge in [0, 0.05) is 26.1 Å². The Morgan fingerprint density at radius 2 is 1.81 bits per heavy atom. The summed E-state index contributed by atoms with van der Waals surface area (Å²) in [6, 6.07) is 3.42. The van der Waals surface area contributed by atoms with Gasteiger partial charge in [0.25, 0.3) is 0 Å². The predicted octanol–water partition coefficient (Wildman–Crippen LogP) is 0.541. The maximum absolute atomic E-state index is 13.2. The largest absolute Gasteiger partial charge is 0.508 e. The number of carboxylic acid groups (broad SMARTS) is 1. The van der Waals surface area contributed by atoms with Crippen molar-refractivity contribution in [3.63, 3.8) is 0 Å². The standard InChI is InChI=1S/C22H31N5O5/c1-13(2)19(23-3)21(30)27(4)18(10-15-11-24-12-25-15)20(29)26-17(22(31)32)9-14-5-7-16(28)8-6-14/h5-8,11-13,17-19,23,28H,9-10H2,1-4H3,(H,24,25)(H,26,29)(H,31,32)/t17-,18-,19-/m0/s1. The van der Waals surface area contributed by atoms with E-state index in [-0.39, 0.29) is 30.4 Å². The summed E-state index contributed by atoms with van der Waals surface area (Å²) in [6.45, 7) is 3.79. The molecule has 2 aromatic rings. The number of carbonyl (C=O) groups is 3. The van der Waals surface area contributed by atoms with Crippen molar-refractivity contribution in [1.29, 1.82) is 0 Å². The second kappa shape index (κ2) is 11.3. The molecule has 5 N–H and O–H groups in total. The number of likely N-dealkylation sites (N-methyl/N-ethyl adjacent to an activating group) is 2.